The Hall–Kier alpha value is -1.13. The molecule has 0 saturated carbocycles. The van der Waals surface area contributed by atoms with Crippen LogP contribution in [0.1, 0.15) is 24.8 Å². The van der Waals surface area contributed by atoms with E-state index in [0.717, 1.165) is 24.8 Å². The van der Waals surface area contributed by atoms with Crippen LogP contribution in [0.25, 0.3) is 0 Å². The molecule has 1 aliphatic carbocycles. The van der Waals surface area contributed by atoms with E-state index in [2.05, 4.69) is 12.2 Å². The van der Waals surface area contributed by atoms with Gasteiger partial charge in [0.15, 0.2) is 0 Å². The summed E-state index contributed by atoms with van der Waals surface area (Å²) in [7, 11) is -3.31. The maximum atomic E-state index is 12.6. The second-order valence-corrected chi connectivity index (χ2v) is 7.72. The first-order chi connectivity index (χ1) is 9.02. The lowest BCUT2D eigenvalue weighted by Crippen LogP contribution is -2.31. The molecule has 1 aliphatic heterocycles. The molecular formula is C15H19NO2S. The van der Waals surface area contributed by atoms with E-state index in [0.29, 0.717) is 18.0 Å². The van der Waals surface area contributed by atoms with Crippen molar-refractivity contribution >= 4 is 10.0 Å². The van der Waals surface area contributed by atoms with Gasteiger partial charge < -0.3 is 0 Å². The van der Waals surface area contributed by atoms with E-state index in [1.807, 2.05) is 19.1 Å². The van der Waals surface area contributed by atoms with Gasteiger partial charge in [0.05, 0.1) is 4.90 Å². The van der Waals surface area contributed by atoms with Crippen molar-refractivity contribution in [1.29, 1.82) is 0 Å². The monoisotopic (exact) mass is 277 g/mol. The third kappa shape index (κ3) is 2.23. The summed E-state index contributed by atoms with van der Waals surface area (Å²) < 4.78 is 26.8. The first kappa shape index (κ1) is 12.9. The summed E-state index contributed by atoms with van der Waals surface area (Å²) in [6.45, 7) is 3.28. The predicted octanol–water partition coefficient (Wildman–Crippen LogP) is 2.73. The Balaban J connectivity index is 1.84. The quantitative estimate of drug-likeness (QED) is 0.779. The predicted molar refractivity (Wildman–Crippen MR) is 75.4 cm³/mol. The van der Waals surface area contributed by atoms with Gasteiger partial charge in [-0.2, -0.15) is 4.31 Å². The Kier molecular flexibility index (Phi) is 3.02. The van der Waals surface area contributed by atoms with E-state index in [1.54, 1.807) is 16.4 Å². The molecule has 2 aliphatic rings. The fraction of sp³-hybridized carbons (Fsp3) is 0.467. The molecule has 0 N–H and O–H groups in total. The number of rotatable bonds is 2. The van der Waals surface area contributed by atoms with Crippen LogP contribution >= 0.6 is 0 Å². The van der Waals surface area contributed by atoms with Gasteiger partial charge in [-0.3, -0.25) is 0 Å². The van der Waals surface area contributed by atoms with Crippen LogP contribution in [0.2, 0.25) is 0 Å². The highest BCUT2D eigenvalue weighted by Crippen LogP contribution is 2.43. The van der Waals surface area contributed by atoms with Crippen LogP contribution in [0.3, 0.4) is 0 Å². The average molecular weight is 277 g/mol. The zero-order valence-electron chi connectivity index (χ0n) is 11.2. The van der Waals surface area contributed by atoms with Crippen molar-refractivity contribution in [2.24, 2.45) is 5.41 Å². The second kappa shape index (κ2) is 4.46. The normalized spacial score (nSPS) is 22.4. The SMILES string of the molecule is Cc1ccc(S(=O)(=O)N2CCC3(CC=CC3)C2)cc1. The maximum absolute atomic E-state index is 12.6. The molecule has 0 radical (unpaired) electrons. The number of aryl methyl sites for hydroxylation is 1. The summed E-state index contributed by atoms with van der Waals surface area (Å²) in [5.74, 6) is 0. The van der Waals surface area contributed by atoms with Crippen LogP contribution in [-0.2, 0) is 10.0 Å². The van der Waals surface area contributed by atoms with Gasteiger partial charge in [-0.25, -0.2) is 8.42 Å². The standard InChI is InChI=1S/C15H19NO2S/c1-13-4-6-14(7-5-13)19(17,18)16-11-10-15(12-16)8-2-3-9-15/h2-7H,8-12H2,1H3. The fourth-order valence-electron chi connectivity index (χ4n) is 3.04. The van der Waals surface area contributed by atoms with Crippen molar-refractivity contribution in [2.75, 3.05) is 13.1 Å². The minimum absolute atomic E-state index is 0.178. The van der Waals surface area contributed by atoms with Crippen LogP contribution in [0.4, 0.5) is 0 Å². The zero-order chi connectivity index (χ0) is 13.5. The molecule has 1 saturated heterocycles. The molecule has 0 unspecified atom stereocenters. The lowest BCUT2D eigenvalue weighted by atomic mass is 9.85. The highest BCUT2D eigenvalue weighted by atomic mass is 32.2. The Morgan fingerprint density at radius 2 is 1.74 bits per heavy atom. The molecule has 102 valence electrons. The van der Waals surface area contributed by atoms with Crippen molar-refractivity contribution in [1.82, 2.24) is 4.31 Å². The molecule has 1 spiro atoms. The van der Waals surface area contributed by atoms with Crippen LogP contribution in [0.5, 0.6) is 0 Å². The van der Waals surface area contributed by atoms with E-state index < -0.39 is 10.0 Å². The van der Waals surface area contributed by atoms with Gasteiger partial charge in [0, 0.05) is 13.1 Å². The van der Waals surface area contributed by atoms with Crippen molar-refractivity contribution in [3.05, 3.63) is 42.0 Å². The summed E-state index contributed by atoms with van der Waals surface area (Å²) >= 11 is 0. The molecule has 4 heteroatoms. The maximum Gasteiger partial charge on any atom is 0.243 e. The van der Waals surface area contributed by atoms with Crippen LogP contribution < -0.4 is 0 Å². The molecule has 1 aromatic rings. The van der Waals surface area contributed by atoms with Crippen molar-refractivity contribution in [2.45, 2.75) is 31.1 Å². The van der Waals surface area contributed by atoms with Crippen molar-refractivity contribution in [3.63, 3.8) is 0 Å². The van der Waals surface area contributed by atoms with Crippen molar-refractivity contribution in [3.8, 4) is 0 Å². The minimum Gasteiger partial charge on any atom is -0.207 e. The van der Waals surface area contributed by atoms with E-state index >= 15 is 0 Å². The summed E-state index contributed by atoms with van der Waals surface area (Å²) in [5, 5.41) is 0. The Labute approximate surface area is 115 Å². The average Bonchev–Trinajstić information content (AvgIpc) is 3.01. The van der Waals surface area contributed by atoms with Crippen molar-refractivity contribution < 1.29 is 8.42 Å². The molecule has 1 aromatic carbocycles. The number of hydrogen-bond acceptors (Lipinski definition) is 2. The lowest BCUT2D eigenvalue weighted by molar-refractivity contribution is 0.326. The summed E-state index contributed by atoms with van der Waals surface area (Å²) in [6, 6.07) is 7.14. The number of hydrogen-bond donors (Lipinski definition) is 0. The molecule has 0 amide bonds. The molecule has 0 atom stereocenters. The molecule has 1 heterocycles. The largest absolute Gasteiger partial charge is 0.243 e. The first-order valence-corrected chi connectivity index (χ1v) is 8.18. The Bertz CT molecular complexity index is 594. The minimum atomic E-state index is -3.31. The van der Waals surface area contributed by atoms with E-state index in [1.165, 1.54) is 0 Å². The van der Waals surface area contributed by atoms with Gasteiger partial charge in [-0.15, -0.1) is 0 Å². The third-order valence-electron chi connectivity index (χ3n) is 4.33. The zero-order valence-corrected chi connectivity index (χ0v) is 12.0. The summed E-state index contributed by atoms with van der Waals surface area (Å²) in [4.78, 5) is 0.418. The number of benzene rings is 1. The van der Waals surface area contributed by atoms with Crippen LogP contribution in [0.15, 0.2) is 41.3 Å². The van der Waals surface area contributed by atoms with Crippen LogP contribution in [-0.4, -0.2) is 25.8 Å². The Morgan fingerprint density at radius 3 is 2.37 bits per heavy atom. The van der Waals surface area contributed by atoms with Crippen LogP contribution in [0, 0.1) is 12.3 Å². The van der Waals surface area contributed by atoms with Gasteiger partial charge in [-0.05, 0) is 43.7 Å². The van der Waals surface area contributed by atoms with Gasteiger partial charge in [0.25, 0.3) is 0 Å². The first-order valence-electron chi connectivity index (χ1n) is 6.74. The molecule has 0 aromatic heterocycles. The molecule has 0 bridgehead atoms. The molecule has 3 nitrogen and oxygen atoms in total. The van der Waals surface area contributed by atoms with Gasteiger partial charge >= 0.3 is 0 Å². The van der Waals surface area contributed by atoms with Gasteiger partial charge in [-0.1, -0.05) is 29.8 Å². The molecular weight excluding hydrogens is 258 g/mol. The number of allylic oxidation sites excluding steroid dienone is 2. The molecule has 3 rings (SSSR count). The number of nitrogens with zero attached hydrogens (tertiary/aromatic N) is 1. The summed E-state index contributed by atoms with van der Waals surface area (Å²) in [6.07, 6.45) is 7.38. The molecule has 1 fully saturated rings. The highest BCUT2D eigenvalue weighted by Gasteiger charge is 2.42. The summed E-state index contributed by atoms with van der Waals surface area (Å²) in [5.41, 5.74) is 1.26. The second-order valence-electron chi connectivity index (χ2n) is 5.78. The Morgan fingerprint density at radius 1 is 1.11 bits per heavy atom. The van der Waals surface area contributed by atoms with E-state index in [4.69, 9.17) is 0 Å². The number of sulfonamides is 1. The van der Waals surface area contributed by atoms with E-state index in [-0.39, 0.29) is 5.41 Å². The van der Waals surface area contributed by atoms with Gasteiger partial charge in [0.2, 0.25) is 10.0 Å². The van der Waals surface area contributed by atoms with E-state index in [9.17, 15) is 8.42 Å². The molecule has 19 heavy (non-hydrogen) atoms. The third-order valence-corrected chi connectivity index (χ3v) is 6.19. The lowest BCUT2D eigenvalue weighted by Gasteiger charge is -2.23. The van der Waals surface area contributed by atoms with Gasteiger partial charge in [0.1, 0.15) is 0 Å². The fourth-order valence-corrected chi connectivity index (χ4v) is 4.60. The smallest absolute Gasteiger partial charge is 0.207 e. The highest BCUT2D eigenvalue weighted by molar-refractivity contribution is 7.89. The topological polar surface area (TPSA) is 37.4 Å².